The Hall–Kier alpha value is -1.94. The number of benzene rings is 1. The quantitative estimate of drug-likeness (QED) is 0.211. The molecule has 0 aliphatic rings. The lowest BCUT2D eigenvalue weighted by atomic mass is 10.2. The van der Waals surface area contributed by atoms with Crippen molar-refractivity contribution in [3.8, 4) is 11.5 Å². The molecule has 0 saturated carbocycles. The van der Waals surface area contributed by atoms with Gasteiger partial charge in [-0.15, -0.1) is 24.0 Å². The van der Waals surface area contributed by atoms with Gasteiger partial charge in [0.25, 0.3) is 0 Å². The molecule has 0 spiro atoms. The van der Waals surface area contributed by atoms with Gasteiger partial charge in [0.2, 0.25) is 0 Å². The van der Waals surface area contributed by atoms with Crippen molar-refractivity contribution >= 4 is 29.9 Å². The highest BCUT2D eigenvalue weighted by Crippen LogP contribution is 2.27. The lowest BCUT2D eigenvalue weighted by molar-refractivity contribution is 0.105. The number of aliphatic imine (C=N–C) groups is 1. The molecule has 1 aromatic heterocycles. The fraction of sp³-hybridized carbons (Fsp3) is 0.450. The molecular weight excluding hydrogens is 473 g/mol. The van der Waals surface area contributed by atoms with E-state index in [1.165, 1.54) is 0 Å². The first-order valence-corrected chi connectivity index (χ1v) is 9.11. The van der Waals surface area contributed by atoms with Crippen LogP contribution in [0.25, 0.3) is 0 Å². The van der Waals surface area contributed by atoms with Gasteiger partial charge in [0.15, 0.2) is 17.5 Å². The van der Waals surface area contributed by atoms with Crippen molar-refractivity contribution in [3.05, 3.63) is 47.9 Å². The van der Waals surface area contributed by atoms with E-state index in [4.69, 9.17) is 18.6 Å². The summed E-state index contributed by atoms with van der Waals surface area (Å²) in [6, 6.07) is 9.65. The summed E-state index contributed by atoms with van der Waals surface area (Å²) in [6.07, 6.45) is 2.52. The summed E-state index contributed by atoms with van der Waals surface area (Å²) in [5.74, 6) is 3.06. The molecule has 0 aliphatic heterocycles. The number of halogens is 1. The number of furan rings is 1. The van der Waals surface area contributed by atoms with E-state index in [-0.39, 0.29) is 24.0 Å². The van der Waals surface area contributed by atoms with Gasteiger partial charge in [-0.1, -0.05) is 6.07 Å². The molecule has 0 atom stereocenters. The SMILES string of the molecule is CCOc1cc(CNC(=NC)NCCCOCc2ccco2)ccc1OC.I. The van der Waals surface area contributed by atoms with Gasteiger partial charge in [-0.3, -0.25) is 4.99 Å². The molecule has 2 N–H and O–H groups in total. The molecule has 0 radical (unpaired) electrons. The number of methoxy groups -OCH3 is 1. The number of hydrogen-bond donors (Lipinski definition) is 2. The van der Waals surface area contributed by atoms with Gasteiger partial charge >= 0.3 is 0 Å². The first-order chi connectivity index (χ1) is 13.3. The molecule has 0 bridgehead atoms. The molecule has 8 heteroatoms. The topological polar surface area (TPSA) is 77.2 Å². The van der Waals surface area contributed by atoms with Crippen molar-refractivity contribution in [3.63, 3.8) is 0 Å². The summed E-state index contributed by atoms with van der Waals surface area (Å²) < 4.78 is 21.7. The van der Waals surface area contributed by atoms with Gasteiger partial charge in [-0.05, 0) is 43.2 Å². The first-order valence-electron chi connectivity index (χ1n) is 9.11. The molecule has 0 fully saturated rings. The fourth-order valence-electron chi connectivity index (χ4n) is 2.45. The number of nitrogens with one attached hydrogen (secondary N) is 2. The van der Waals surface area contributed by atoms with Crippen LogP contribution in [0.15, 0.2) is 46.0 Å². The number of rotatable bonds is 11. The molecule has 2 rings (SSSR count). The van der Waals surface area contributed by atoms with E-state index in [9.17, 15) is 0 Å². The van der Waals surface area contributed by atoms with Crippen LogP contribution in [-0.2, 0) is 17.9 Å². The second-order valence-electron chi connectivity index (χ2n) is 5.76. The molecule has 28 heavy (non-hydrogen) atoms. The zero-order chi connectivity index (χ0) is 19.3. The van der Waals surface area contributed by atoms with Crippen LogP contribution in [-0.4, -0.2) is 39.9 Å². The monoisotopic (exact) mass is 503 g/mol. The molecule has 1 heterocycles. The Kier molecular flexibility index (Phi) is 12.1. The Morgan fingerprint density at radius 2 is 2.04 bits per heavy atom. The molecular formula is C20H30IN3O4. The smallest absolute Gasteiger partial charge is 0.191 e. The van der Waals surface area contributed by atoms with E-state index in [1.807, 2.05) is 37.3 Å². The van der Waals surface area contributed by atoms with Crippen molar-refractivity contribution in [1.82, 2.24) is 10.6 Å². The highest BCUT2D eigenvalue weighted by molar-refractivity contribution is 14.0. The van der Waals surface area contributed by atoms with Crippen molar-refractivity contribution in [1.29, 1.82) is 0 Å². The van der Waals surface area contributed by atoms with Crippen LogP contribution in [0, 0.1) is 0 Å². The number of hydrogen-bond acceptors (Lipinski definition) is 5. The zero-order valence-electron chi connectivity index (χ0n) is 16.7. The van der Waals surface area contributed by atoms with Crippen molar-refractivity contribution < 1.29 is 18.6 Å². The molecule has 0 amide bonds. The van der Waals surface area contributed by atoms with Crippen LogP contribution in [0.5, 0.6) is 11.5 Å². The summed E-state index contributed by atoms with van der Waals surface area (Å²) in [5, 5.41) is 6.57. The van der Waals surface area contributed by atoms with Crippen LogP contribution >= 0.6 is 24.0 Å². The van der Waals surface area contributed by atoms with Gasteiger partial charge in [0.05, 0.1) is 20.0 Å². The van der Waals surface area contributed by atoms with Crippen LogP contribution in [0.3, 0.4) is 0 Å². The van der Waals surface area contributed by atoms with Gasteiger partial charge in [0.1, 0.15) is 12.4 Å². The van der Waals surface area contributed by atoms with Gasteiger partial charge < -0.3 is 29.3 Å². The van der Waals surface area contributed by atoms with Crippen molar-refractivity contribution in [2.45, 2.75) is 26.5 Å². The minimum absolute atomic E-state index is 0. The summed E-state index contributed by atoms with van der Waals surface area (Å²) >= 11 is 0. The third kappa shape index (κ3) is 8.39. The molecule has 156 valence electrons. The maximum Gasteiger partial charge on any atom is 0.191 e. The molecule has 2 aromatic rings. The molecule has 0 unspecified atom stereocenters. The van der Waals surface area contributed by atoms with E-state index in [1.54, 1.807) is 20.4 Å². The standard InChI is InChI=1S/C20H29N3O4.HI/c1-4-26-19-13-16(8-9-18(19)24-3)14-23-20(21-2)22-10-6-11-25-15-17-7-5-12-27-17;/h5,7-9,12-13H,4,6,10-11,14-15H2,1-3H3,(H2,21,22,23);1H. The maximum atomic E-state index is 5.61. The highest BCUT2D eigenvalue weighted by Gasteiger charge is 2.06. The molecule has 0 saturated heterocycles. The Bertz CT molecular complexity index is 693. The Labute approximate surface area is 183 Å². The predicted molar refractivity (Wildman–Crippen MR) is 121 cm³/mol. The van der Waals surface area contributed by atoms with E-state index >= 15 is 0 Å². The third-order valence-corrected chi connectivity index (χ3v) is 3.79. The Morgan fingerprint density at radius 1 is 1.18 bits per heavy atom. The minimum Gasteiger partial charge on any atom is -0.493 e. The second-order valence-corrected chi connectivity index (χ2v) is 5.76. The van der Waals surface area contributed by atoms with Crippen LogP contribution in [0.2, 0.25) is 0 Å². The summed E-state index contributed by atoms with van der Waals surface area (Å²) in [4.78, 5) is 4.24. The van der Waals surface area contributed by atoms with E-state index in [2.05, 4.69) is 15.6 Å². The number of ether oxygens (including phenoxy) is 3. The average Bonchev–Trinajstić information content (AvgIpc) is 3.21. The zero-order valence-corrected chi connectivity index (χ0v) is 19.0. The average molecular weight is 503 g/mol. The minimum atomic E-state index is 0. The largest absolute Gasteiger partial charge is 0.493 e. The Morgan fingerprint density at radius 3 is 2.71 bits per heavy atom. The first kappa shape index (κ1) is 24.1. The fourth-order valence-corrected chi connectivity index (χ4v) is 2.45. The van der Waals surface area contributed by atoms with Gasteiger partial charge in [-0.2, -0.15) is 0 Å². The van der Waals surface area contributed by atoms with Crippen LogP contribution in [0.4, 0.5) is 0 Å². The van der Waals surface area contributed by atoms with E-state index in [0.29, 0.717) is 26.4 Å². The van der Waals surface area contributed by atoms with E-state index < -0.39 is 0 Å². The van der Waals surface area contributed by atoms with E-state index in [0.717, 1.165) is 41.7 Å². The van der Waals surface area contributed by atoms with Crippen LogP contribution < -0.4 is 20.1 Å². The number of guanidine groups is 1. The normalized spacial score (nSPS) is 10.9. The molecule has 0 aliphatic carbocycles. The lowest BCUT2D eigenvalue weighted by Crippen LogP contribution is -2.37. The van der Waals surface area contributed by atoms with Gasteiger partial charge in [-0.25, -0.2) is 0 Å². The van der Waals surface area contributed by atoms with Crippen molar-refractivity contribution in [2.75, 3.05) is 33.9 Å². The summed E-state index contributed by atoms with van der Waals surface area (Å²) in [6.45, 7) is 5.11. The lowest BCUT2D eigenvalue weighted by Gasteiger charge is -2.14. The summed E-state index contributed by atoms with van der Waals surface area (Å²) in [7, 11) is 3.39. The van der Waals surface area contributed by atoms with Crippen LogP contribution in [0.1, 0.15) is 24.7 Å². The molecule has 1 aromatic carbocycles. The maximum absolute atomic E-state index is 5.61. The van der Waals surface area contributed by atoms with Gasteiger partial charge in [0, 0.05) is 26.7 Å². The second kappa shape index (κ2) is 14.1. The van der Waals surface area contributed by atoms with Crippen molar-refractivity contribution in [2.24, 2.45) is 4.99 Å². The number of nitrogens with zero attached hydrogens (tertiary/aromatic N) is 1. The predicted octanol–water partition coefficient (Wildman–Crippen LogP) is 3.58. The Balaban J connectivity index is 0.00000392. The molecule has 7 nitrogen and oxygen atoms in total. The summed E-state index contributed by atoms with van der Waals surface area (Å²) in [5.41, 5.74) is 1.09. The highest BCUT2D eigenvalue weighted by atomic mass is 127. The third-order valence-electron chi connectivity index (χ3n) is 3.79.